The van der Waals surface area contributed by atoms with Crippen LogP contribution in [0.25, 0.3) is 5.95 Å². The van der Waals surface area contributed by atoms with Gasteiger partial charge in [-0.1, -0.05) is 6.07 Å². The maximum atomic E-state index is 9.78. The zero-order valence-electron chi connectivity index (χ0n) is 17.6. The molecule has 0 aliphatic heterocycles. The van der Waals surface area contributed by atoms with E-state index < -0.39 is 0 Å². The zero-order chi connectivity index (χ0) is 23.2. The Hall–Kier alpha value is -5.23. The first-order valence-electron chi connectivity index (χ1n) is 9.64. The SMILES string of the molecule is CNc1nc(Nc2ccccn2)c(C#N)c(C)c1/N=N/c1c(C#N)cnn1-c1ncccn1. The lowest BCUT2D eigenvalue weighted by Crippen LogP contribution is -2.04. The third kappa shape index (κ3) is 4.17. The van der Waals surface area contributed by atoms with Gasteiger partial charge in [-0.15, -0.1) is 10.2 Å². The smallest absolute Gasteiger partial charge is 0.252 e. The fraction of sp³-hybridized carbons (Fsp3) is 0.0952. The van der Waals surface area contributed by atoms with E-state index in [0.717, 1.165) is 0 Å². The molecule has 0 amide bonds. The fourth-order valence-corrected chi connectivity index (χ4v) is 2.94. The van der Waals surface area contributed by atoms with E-state index in [0.29, 0.717) is 28.7 Å². The van der Waals surface area contributed by atoms with Crippen molar-refractivity contribution in [1.82, 2.24) is 29.7 Å². The summed E-state index contributed by atoms with van der Waals surface area (Å²) in [7, 11) is 1.68. The van der Waals surface area contributed by atoms with Crippen LogP contribution in [-0.2, 0) is 0 Å². The minimum Gasteiger partial charge on any atom is -0.371 e. The van der Waals surface area contributed by atoms with Gasteiger partial charge in [0.15, 0.2) is 17.5 Å². The van der Waals surface area contributed by atoms with E-state index in [-0.39, 0.29) is 22.9 Å². The van der Waals surface area contributed by atoms with E-state index in [1.807, 2.05) is 12.1 Å². The van der Waals surface area contributed by atoms with Crippen LogP contribution in [0, 0.1) is 29.6 Å². The highest BCUT2D eigenvalue weighted by atomic mass is 15.4. The number of pyridine rings is 2. The van der Waals surface area contributed by atoms with Gasteiger partial charge in [0.2, 0.25) is 0 Å². The minimum atomic E-state index is 0.152. The van der Waals surface area contributed by atoms with Gasteiger partial charge in [-0.2, -0.15) is 20.3 Å². The molecular weight excluding hydrogens is 420 g/mol. The van der Waals surface area contributed by atoms with Crippen molar-refractivity contribution in [1.29, 1.82) is 10.5 Å². The third-order valence-corrected chi connectivity index (χ3v) is 4.53. The molecule has 33 heavy (non-hydrogen) atoms. The van der Waals surface area contributed by atoms with Crippen molar-refractivity contribution in [3.63, 3.8) is 0 Å². The molecule has 0 aliphatic rings. The predicted octanol–water partition coefficient (Wildman–Crippen LogP) is 3.70. The molecule has 0 saturated carbocycles. The summed E-state index contributed by atoms with van der Waals surface area (Å²) < 4.78 is 1.31. The third-order valence-electron chi connectivity index (χ3n) is 4.53. The van der Waals surface area contributed by atoms with Crippen molar-refractivity contribution in [3.8, 4) is 18.1 Å². The van der Waals surface area contributed by atoms with Gasteiger partial charge in [0.25, 0.3) is 5.95 Å². The second-order valence-electron chi connectivity index (χ2n) is 6.51. The largest absolute Gasteiger partial charge is 0.371 e. The first-order valence-corrected chi connectivity index (χ1v) is 9.64. The summed E-state index contributed by atoms with van der Waals surface area (Å²) in [5.74, 6) is 1.65. The molecule has 2 N–H and O–H groups in total. The molecule has 12 heteroatoms. The van der Waals surface area contributed by atoms with Crippen molar-refractivity contribution in [3.05, 3.63) is 65.7 Å². The molecular formula is C21H16N12. The summed E-state index contributed by atoms with van der Waals surface area (Å²) in [4.78, 5) is 17.0. The van der Waals surface area contributed by atoms with Crippen LogP contribution < -0.4 is 10.6 Å². The van der Waals surface area contributed by atoms with Crippen LogP contribution in [0.15, 0.2) is 59.3 Å². The Bertz CT molecular complexity index is 1400. The molecule has 4 aromatic heterocycles. The first-order chi connectivity index (χ1) is 16.2. The van der Waals surface area contributed by atoms with E-state index in [4.69, 9.17) is 0 Å². The molecule has 4 heterocycles. The quantitative estimate of drug-likeness (QED) is 0.428. The van der Waals surface area contributed by atoms with Gasteiger partial charge < -0.3 is 10.6 Å². The topological polar surface area (TPSA) is 166 Å². The van der Waals surface area contributed by atoms with Crippen molar-refractivity contribution in [2.24, 2.45) is 10.2 Å². The molecule has 0 fully saturated rings. The van der Waals surface area contributed by atoms with E-state index in [9.17, 15) is 10.5 Å². The number of anilines is 3. The standard InChI is InChI=1S/C21H16N12/c1-13-15(11-23)18(29-16-6-3-4-7-25-16)30-19(24-2)17(13)31-32-20-14(10-22)12-28-33(20)21-26-8-5-9-27-21/h3-9,12H,1-2H3,(H2,24,25,29,30)/b32-31+. The van der Waals surface area contributed by atoms with Crippen LogP contribution in [0.1, 0.15) is 16.7 Å². The Labute approximate surface area is 188 Å². The summed E-state index contributed by atoms with van der Waals surface area (Å²) in [6, 6.07) is 11.2. The minimum absolute atomic E-state index is 0.152. The van der Waals surface area contributed by atoms with E-state index in [2.05, 4.69) is 52.0 Å². The average molecular weight is 436 g/mol. The Kier molecular flexibility index (Phi) is 5.91. The van der Waals surface area contributed by atoms with Crippen molar-refractivity contribution in [2.45, 2.75) is 6.92 Å². The lowest BCUT2D eigenvalue weighted by Gasteiger charge is -2.13. The number of azo groups is 1. The lowest BCUT2D eigenvalue weighted by atomic mass is 10.1. The highest BCUT2D eigenvalue weighted by molar-refractivity contribution is 5.76. The number of hydrogen-bond acceptors (Lipinski definition) is 11. The van der Waals surface area contributed by atoms with E-state index >= 15 is 0 Å². The highest BCUT2D eigenvalue weighted by Gasteiger charge is 2.19. The fourth-order valence-electron chi connectivity index (χ4n) is 2.94. The molecule has 4 rings (SSSR count). The van der Waals surface area contributed by atoms with E-state index in [1.165, 1.54) is 10.9 Å². The van der Waals surface area contributed by atoms with Gasteiger partial charge in [0.05, 0.1) is 6.20 Å². The Morgan fingerprint density at radius 3 is 2.42 bits per heavy atom. The number of nitrogens with zero attached hydrogens (tertiary/aromatic N) is 10. The van der Waals surface area contributed by atoms with Gasteiger partial charge in [-0.05, 0) is 25.1 Å². The number of nitrogens with one attached hydrogen (secondary N) is 2. The van der Waals surface area contributed by atoms with Crippen LogP contribution >= 0.6 is 0 Å². The molecule has 4 aromatic rings. The highest BCUT2D eigenvalue weighted by Crippen LogP contribution is 2.35. The molecule has 0 aromatic carbocycles. The monoisotopic (exact) mass is 436 g/mol. The molecule has 12 nitrogen and oxygen atoms in total. The molecule has 0 bridgehead atoms. The lowest BCUT2D eigenvalue weighted by molar-refractivity contribution is 0.803. The summed E-state index contributed by atoms with van der Waals surface area (Å²) in [5.41, 5.74) is 1.36. The molecule has 160 valence electrons. The maximum Gasteiger partial charge on any atom is 0.252 e. The number of rotatable bonds is 6. The van der Waals surface area contributed by atoms with Crippen molar-refractivity contribution >= 4 is 29.0 Å². The van der Waals surface area contributed by atoms with E-state index in [1.54, 1.807) is 50.8 Å². The van der Waals surface area contributed by atoms with Crippen LogP contribution in [0.4, 0.5) is 29.0 Å². The van der Waals surface area contributed by atoms with Crippen LogP contribution in [0.2, 0.25) is 0 Å². The average Bonchev–Trinajstić information content (AvgIpc) is 3.27. The van der Waals surface area contributed by atoms with Gasteiger partial charge >= 0.3 is 0 Å². The summed E-state index contributed by atoms with van der Waals surface area (Å²) in [5, 5.41) is 38.0. The summed E-state index contributed by atoms with van der Waals surface area (Å²) in [6.07, 6.45) is 6.10. The summed E-state index contributed by atoms with van der Waals surface area (Å²) in [6.45, 7) is 1.74. The Morgan fingerprint density at radius 2 is 1.76 bits per heavy atom. The molecule has 0 aliphatic carbocycles. The van der Waals surface area contributed by atoms with Gasteiger partial charge in [0.1, 0.15) is 34.8 Å². The number of nitriles is 2. The second kappa shape index (κ2) is 9.28. The van der Waals surface area contributed by atoms with Gasteiger partial charge in [-0.25, -0.2) is 19.9 Å². The Balaban J connectivity index is 1.79. The van der Waals surface area contributed by atoms with Crippen LogP contribution in [0.3, 0.4) is 0 Å². The van der Waals surface area contributed by atoms with Gasteiger partial charge in [0, 0.05) is 31.2 Å². The number of hydrogen-bond donors (Lipinski definition) is 2. The molecule has 0 unspecified atom stereocenters. The van der Waals surface area contributed by atoms with Crippen molar-refractivity contribution < 1.29 is 0 Å². The van der Waals surface area contributed by atoms with Gasteiger partial charge in [-0.3, -0.25) is 0 Å². The van der Waals surface area contributed by atoms with Crippen LogP contribution in [0.5, 0.6) is 0 Å². The molecule has 0 atom stereocenters. The van der Waals surface area contributed by atoms with Crippen molar-refractivity contribution in [2.75, 3.05) is 17.7 Å². The van der Waals surface area contributed by atoms with Crippen LogP contribution in [-0.4, -0.2) is 36.8 Å². The zero-order valence-corrected chi connectivity index (χ0v) is 17.6. The Morgan fingerprint density at radius 1 is 0.970 bits per heavy atom. The molecule has 0 spiro atoms. The normalized spacial score (nSPS) is 10.5. The number of aromatic nitrogens is 6. The second-order valence-corrected chi connectivity index (χ2v) is 6.51. The molecule has 0 saturated heterocycles. The first kappa shape index (κ1) is 21.0. The summed E-state index contributed by atoms with van der Waals surface area (Å²) >= 11 is 0. The molecule has 0 radical (unpaired) electrons. The predicted molar refractivity (Wildman–Crippen MR) is 119 cm³/mol. The maximum absolute atomic E-state index is 9.78.